The summed E-state index contributed by atoms with van der Waals surface area (Å²) in [5.41, 5.74) is 3.04. The van der Waals surface area contributed by atoms with Crippen LogP contribution in [-0.2, 0) is 20.2 Å². The monoisotopic (exact) mass is 471 g/mol. The molecule has 2 aliphatic rings. The van der Waals surface area contributed by atoms with Gasteiger partial charge in [-0.2, -0.15) is 4.31 Å². The van der Waals surface area contributed by atoms with Gasteiger partial charge in [0.1, 0.15) is 4.90 Å². The molecule has 170 valence electrons. The molecule has 0 amide bonds. The van der Waals surface area contributed by atoms with E-state index in [1.165, 1.54) is 27.8 Å². The maximum absolute atomic E-state index is 13.0. The van der Waals surface area contributed by atoms with Gasteiger partial charge in [-0.05, 0) is 43.5 Å². The van der Waals surface area contributed by atoms with Crippen molar-refractivity contribution in [2.45, 2.75) is 54.2 Å². The first kappa shape index (κ1) is 23.0. The van der Waals surface area contributed by atoms with Gasteiger partial charge in [0.2, 0.25) is 10.0 Å². The Balaban J connectivity index is 1.48. The van der Waals surface area contributed by atoms with Crippen molar-refractivity contribution in [2.24, 2.45) is 0 Å². The van der Waals surface area contributed by atoms with E-state index >= 15 is 0 Å². The molecule has 3 heterocycles. The molecule has 2 aromatic rings. The summed E-state index contributed by atoms with van der Waals surface area (Å²) in [6.45, 7) is 7.25. The van der Waals surface area contributed by atoms with Crippen molar-refractivity contribution in [1.82, 2.24) is 9.29 Å². The quantitative estimate of drug-likeness (QED) is 0.464. The predicted molar refractivity (Wildman–Crippen MR) is 129 cm³/mol. The molecule has 0 radical (unpaired) electrons. The maximum atomic E-state index is 13.0. The summed E-state index contributed by atoms with van der Waals surface area (Å²) >= 11 is 1.34. The summed E-state index contributed by atoms with van der Waals surface area (Å²) < 4.78 is 26.8. The number of hydrogen-bond acceptors (Lipinski definition) is 6. The third-order valence-corrected chi connectivity index (χ3v) is 9.28. The van der Waals surface area contributed by atoms with Gasteiger partial charge in [-0.1, -0.05) is 43.8 Å². The van der Waals surface area contributed by atoms with Crippen LogP contribution in [0.1, 0.15) is 39.2 Å². The van der Waals surface area contributed by atoms with E-state index in [0.29, 0.717) is 18.1 Å². The van der Waals surface area contributed by atoms with Gasteiger partial charge in [0.15, 0.2) is 5.78 Å². The number of sulfonamides is 1. The third-order valence-electron chi connectivity index (χ3n) is 6.33. The van der Waals surface area contributed by atoms with E-state index in [2.05, 4.69) is 35.9 Å². The fourth-order valence-corrected chi connectivity index (χ4v) is 6.69. The number of allylic oxidation sites excluding steroid dienone is 2. The van der Waals surface area contributed by atoms with Gasteiger partial charge in [0, 0.05) is 49.2 Å². The number of likely N-dealkylation sites (N-methyl/N-ethyl adjacent to an activating group) is 1. The number of nitrogens with zero attached hydrogens (tertiary/aromatic N) is 3. The number of para-hydroxylation sites is 1. The van der Waals surface area contributed by atoms with E-state index in [1.807, 2.05) is 26.1 Å². The van der Waals surface area contributed by atoms with E-state index < -0.39 is 10.0 Å². The topological polar surface area (TPSA) is 70.6 Å². The number of carbonyl (C=O) groups excluding carboxylic acids is 1. The average Bonchev–Trinajstić information content (AvgIpc) is 3.38. The van der Waals surface area contributed by atoms with Gasteiger partial charge in [-0.15, -0.1) is 0 Å². The van der Waals surface area contributed by atoms with Crippen LogP contribution in [0.5, 0.6) is 0 Å². The van der Waals surface area contributed by atoms with Crippen molar-refractivity contribution in [3.63, 3.8) is 0 Å². The van der Waals surface area contributed by atoms with E-state index in [-0.39, 0.29) is 21.3 Å². The second-order valence-corrected chi connectivity index (χ2v) is 12.1. The Kier molecular flexibility index (Phi) is 6.22. The van der Waals surface area contributed by atoms with Crippen LogP contribution >= 0.6 is 11.8 Å². The number of fused-ring (bicyclic) bond motifs is 1. The smallest absolute Gasteiger partial charge is 0.244 e. The number of carbonyl (C=O) groups is 1. The molecular formula is C24H29N3O3S2. The molecular weight excluding hydrogens is 442 g/mol. The Morgan fingerprint density at radius 2 is 1.84 bits per heavy atom. The van der Waals surface area contributed by atoms with E-state index in [1.54, 1.807) is 18.2 Å². The Bertz CT molecular complexity index is 1150. The second kappa shape index (κ2) is 8.65. The van der Waals surface area contributed by atoms with E-state index in [4.69, 9.17) is 0 Å². The van der Waals surface area contributed by atoms with Crippen LogP contribution in [0.25, 0.3) is 0 Å². The first-order valence-corrected chi connectivity index (χ1v) is 13.2. The van der Waals surface area contributed by atoms with Crippen molar-refractivity contribution in [3.8, 4) is 0 Å². The zero-order valence-corrected chi connectivity index (χ0v) is 20.5. The van der Waals surface area contributed by atoms with Crippen LogP contribution in [-0.4, -0.2) is 48.9 Å². The van der Waals surface area contributed by atoms with Crippen molar-refractivity contribution in [3.05, 3.63) is 59.9 Å². The number of ketones is 1. The van der Waals surface area contributed by atoms with E-state index in [9.17, 15) is 13.2 Å². The molecule has 32 heavy (non-hydrogen) atoms. The van der Waals surface area contributed by atoms with Crippen molar-refractivity contribution in [2.75, 3.05) is 25.0 Å². The molecule has 0 spiro atoms. The zero-order chi connectivity index (χ0) is 23.1. The van der Waals surface area contributed by atoms with Crippen LogP contribution in [0.2, 0.25) is 0 Å². The first-order valence-electron chi connectivity index (χ1n) is 10.8. The fraction of sp³-hybridized carbons (Fsp3) is 0.417. The summed E-state index contributed by atoms with van der Waals surface area (Å²) in [6.07, 6.45) is 4.93. The van der Waals surface area contributed by atoms with Crippen molar-refractivity contribution in [1.29, 1.82) is 0 Å². The largest absolute Gasteiger partial charge is 0.347 e. The standard InChI is InChI=1S/C24H29N3O3S2/c1-17(21(28)15-22-24(2,3)19-9-5-6-10-20(19)26(22)4)31-23-12-11-18(16-25-23)32(29,30)27-13-7-8-14-27/h5-6,9-12,15-17H,7-8,13-14H2,1-4H3/b22-15-. The minimum atomic E-state index is -3.48. The summed E-state index contributed by atoms with van der Waals surface area (Å²) in [6, 6.07) is 11.5. The number of benzene rings is 1. The lowest BCUT2D eigenvalue weighted by molar-refractivity contribution is -0.114. The molecule has 1 unspecified atom stereocenters. The molecule has 8 heteroatoms. The molecule has 0 aliphatic carbocycles. The summed E-state index contributed by atoms with van der Waals surface area (Å²) in [5, 5.41) is 0.288. The molecule has 2 aliphatic heterocycles. The Morgan fingerprint density at radius 3 is 2.47 bits per heavy atom. The molecule has 1 aromatic heterocycles. The lowest BCUT2D eigenvalue weighted by Gasteiger charge is -2.24. The van der Waals surface area contributed by atoms with Gasteiger partial charge < -0.3 is 4.90 Å². The average molecular weight is 472 g/mol. The molecule has 0 N–H and O–H groups in total. The highest BCUT2D eigenvalue weighted by molar-refractivity contribution is 8.00. The molecule has 1 saturated heterocycles. The highest BCUT2D eigenvalue weighted by Crippen LogP contribution is 2.46. The Hall–Kier alpha value is -2.16. The van der Waals surface area contributed by atoms with Crippen LogP contribution in [0, 0.1) is 0 Å². The van der Waals surface area contributed by atoms with Gasteiger partial charge in [-0.3, -0.25) is 4.79 Å². The normalized spacial score (nSPS) is 20.5. The van der Waals surface area contributed by atoms with Gasteiger partial charge >= 0.3 is 0 Å². The predicted octanol–water partition coefficient (Wildman–Crippen LogP) is 4.23. The van der Waals surface area contributed by atoms with Crippen LogP contribution in [0.15, 0.2) is 64.3 Å². The van der Waals surface area contributed by atoms with Crippen LogP contribution < -0.4 is 4.90 Å². The zero-order valence-electron chi connectivity index (χ0n) is 18.9. The highest BCUT2D eigenvalue weighted by Gasteiger charge is 2.38. The number of anilines is 1. The first-order chi connectivity index (χ1) is 15.1. The van der Waals surface area contributed by atoms with Crippen LogP contribution in [0.4, 0.5) is 5.69 Å². The van der Waals surface area contributed by atoms with Crippen molar-refractivity contribution < 1.29 is 13.2 Å². The molecule has 1 fully saturated rings. The van der Waals surface area contributed by atoms with Gasteiger partial charge in [0.05, 0.1) is 10.3 Å². The minimum Gasteiger partial charge on any atom is -0.347 e. The third kappa shape index (κ3) is 4.11. The van der Waals surface area contributed by atoms with Gasteiger partial charge in [0.25, 0.3) is 0 Å². The fourth-order valence-electron chi connectivity index (χ4n) is 4.42. The highest BCUT2D eigenvalue weighted by atomic mass is 32.2. The number of rotatable bonds is 6. The summed E-state index contributed by atoms with van der Waals surface area (Å²) in [4.78, 5) is 19.6. The molecule has 1 aromatic carbocycles. The number of aromatic nitrogens is 1. The second-order valence-electron chi connectivity index (χ2n) is 8.84. The SMILES string of the molecule is CC(Sc1ccc(S(=O)(=O)N2CCCC2)cn1)C(=O)/C=C1\N(C)c2ccccc2C1(C)C. The Morgan fingerprint density at radius 1 is 1.16 bits per heavy atom. The number of pyridine rings is 1. The molecule has 0 saturated carbocycles. The summed E-state index contributed by atoms with van der Waals surface area (Å²) in [5.74, 6) is 0.00768. The van der Waals surface area contributed by atoms with Crippen molar-refractivity contribution >= 4 is 33.3 Å². The minimum absolute atomic E-state index is 0.00768. The number of thioether (sulfide) groups is 1. The number of hydrogen-bond donors (Lipinski definition) is 0. The van der Waals surface area contributed by atoms with Crippen LogP contribution in [0.3, 0.4) is 0 Å². The lowest BCUT2D eigenvalue weighted by Crippen LogP contribution is -2.27. The molecule has 1 atom stereocenters. The maximum Gasteiger partial charge on any atom is 0.244 e. The summed E-state index contributed by atoms with van der Waals surface area (Å²) in [7, 11) is -1.49. The van der Waals surface area contributed by atoms with Gasteiger partial charge in [-0.25, -0.2) is 13.4 Å². The Labute approximate surface area is 194 Å². The molecule has 4 rings (SSSR count). The lowest BCUT2D eigenvalue weighted by atomic mass is 9.83. The van der Waals surface area contributed by atoms with E-state index in [0.717, 1.165) is 24.2 Å². The molecule has 6 nitrogen and oxygen atoms in total. The molecule has 0 bridgehead atoms.